The highest BCUT2D eigenvalue weighted by atomic mass is 16.5. The first kappa shape index (κ1) is 90.7. The van der Waals surface area contributed by atoms with Gasteiger partial charge in [-0.15, -0.1) is 0 Å². The summed E-state index contributed by atoms with van der Waals surface area (Å²) in [4.78, 5) is 66.1. The van der Waals surface area contributed by atoms with E-state index in [2.05, 4.69) is 27.7 Å². The van der Waals surface area contributed by atoms with Crippen LogP contribution in [-0.4, -0.2) is 163 Å². The number of aliphatic hydroxyl groups is 9. The van der Waals surface area contributed by atoms with Crippen molar-refractivity contribution in [2.45, 2.75) is 307 Å². The summed E-state index contributed by atoms with van der Waals surface area (Å²) in [5, 5.41) is 125. The number of hydrogen-bond acceptors (Lipinski definition) is 16. The van der Waals surface area contributed by atoms with Crippen molar-refractivity contribution in [2.24, 2.45) is 53.3 Å². The Hall–Kier alpha value is -5.42. The fourth-order valence-corrected chi connectivity index (χ4v) is 13.8. The van der Waals surface area contributed by atoms with E-state index in [4.69, 9.17) is 25.2 Å². The summed E-state index contributed by atoms with van der Waals surface area (Å²) >= 11 is 0. The quantitative estimate of drug-likeness (QED) is 0.0199. The van der Waals surface area contributed by atoms with Gasteiger partial charge in [0, 0.05) is 92.3 Å². The number of hydrogen-bond donors (Lipinski definition) is 13. The van der Waals surface area contributed by atoms with Gasteiger partial charge in [-0.05, 0) is 115 Å². The van der Waals surface area contributed by atoms with Gasteiger partial charge in [0.05, 0.1) is 67.3 Å². The van der Waals surface area contributed by atoms with Gasteiger partial charge in [-0.25, -0.2) is 0 Å². The van der Waals surface area contributed by atoms with Gasteiger partial charge >= 0.3 is 23.9 Å². The third-order valence-corrected chi connectivity index (χ3v) is 19.6. The molecule has 3 unspecified atom stereocenters. The molecule has 0 bridgehead atoms. The molecule has 0 aromatic rings. The second-order valence-corrected chi connectivity index (χ2v) is 28.1. The zero-order valence-corrected chi connectivity index (χ0v) is 60.7. The number of unbranched alkanes of at least 4 members (excludes halogenated alkanes) is 12. The van der Waals surface area contributed by atoms with E-state index in [1.54, 1.807) is 30.4 Å². The Bertz CT molecular complexity index is 2530. The lowest BCUT2D eigenvalue weighted by Crippen LogP contribution is -2.20. The van der Waals surface area contributed by atoms with Crippen LogP contribution in [0.15, 0.2) is 96.9 Å². The molecule has 5 aliphatic rings. The fourth-order valence-electron chi connectivity index (χ4n) is 13.8. The van der Waals surface area contributed by atoms with Gasteiger partial charge in [0.25, 0.3) is 0 Å². The minimum Gasteiger partial charge on any atom is -0.498 e. The number of aliphatic hydroxyl groups excluding tert-OH is 9. The van der Waals surface area contributed by atoms with E-state index in [9.17, 15) is 74.7 Å². The number of carbonyl (C=O) groups is 6. The van der Waals surface area contributed by atoms with E-state index in [1.165, 1.54) is 0 Å². The maximum atomic E-state index is 12.1. The lowest BCUT2D eigenvalue weighted by molar-refractivity contribution is -0.138. The maximum Gasteiger partial charge on any atom is 0.303 e. The van der Waals surface area contributed by atoms with Gasteiger partial charge in [0.1, 0.15) is 11.6 Å². The zero-order chi connectivity index (χ0) is 74.2. The van der Waals surface area contributed by atoms with Crippen LogP contribution in [-0.2, 0) is 33.5 Å². The van der Waals surface area contributed by atoms with Crippen LogP contribution in [0.3, 0.4) is 0 Å². The van der Waals surface area contributed by atoms with Gasteiger partial charge in [-0.1, -0.05) is 190 Å². The zero-order valence-electron chi connectivity index (χ0n) is 60.7. The number of carboxylic acids is 4. The van der Waals surface area contributed by atoms with Crippen molar-refractivity contribution in [2.75, 3.05) is 6.61 Å². The van der Waals surface area contributed by atoms with Crippen LogP contribution in [0.25, 0.3) is 0 Å². The molecule has 20 nitrogen and oxygen atoms in total. The van der Waals surface area contributed by atoms with Crippen molar-refractivity contribution >= 4 is 35.4 Å². The van der Waals surface area contributed by atoms with Crippen molar-refractivity contribution in [1.82, 2.24) is 0 Å². The van der Waals surface area contributed by atoms with Crippen molar-refractivity contribution in [3.8, 4) is 0 Å². The van der Waals surface area contributed by atoms with E-state index in [0.717, 1.165) is 102 Å². The molecule has 5 fully saturated rings. The van der Waals surface area contributed by atoms with Crippen LogP contribution < -0.4 is 0 Å². The molecule has 0 spiro atoms. The molecular formula is C80H130O20. The predicted molar refractivity (Wildman–Crippen MR) is 388 cm³/mol. The van der Waals surface area contributed by atoms with Crippen LogP contribution >= 0.6 is 0 Å². The summed E-state index contributed by atoms with van der Waals surface area (Å²) in [5.41, 5.74) is 0. The highest BCUT2D eigenvalue weighted by Gasteiger charge is 2.48. The summed E-state index contributed by atoms with van der Waals surface area (Å²) in [6.07, 6.45) is 47.6. The van der Waals surface area contributed by atoms with Crippen LogP contribution in [0, 0.1) is 53.3 Å². The molecule has 18 atom stereocenters. The Morgan fingerprint density at radius 1 is 0.420 bits per heavy atom. The van der Waals surface area contributed by atoms with E-state index in [-0.39, 0.29) is 97.4 Å². The summed E-state index contributed by atoms with van der Waals surface area (Å²) < 4.78 is 5.80. The first-order valence-electron chi connectivity index (χ1n) is 37.9. The number of carboxylic acid groups (broad SMARTS) is 4. The molecule has 0 aromatic heterocycles. The minimum absolute atomic E-state index is 0.0220. The van der Waals surface area contributed by atoms with Crippen LogP contribution in [0.1, 0.15) is 252 Å². The average molecular weight is 1410 g/mol. The standard InChI is InChI=1S/C20H32O5.C20H34O5.2C20H32O5/c1-2-3-4-7-15(21)10-11-16-17(22)12-14-13-25-18(20(14)16)8-5-6-9-19(23)24;3*1-2-3-6-9-15(21)12-13-17-16(18(22)14-19(17)23)10-7-4-5-8-11-20(24)25/h8,10-11,14-17,20-22H,2-7,9,12-13H2,1H3,(H,23,24);4,7,12-13,15-19,21-23H,2-3,5-6,8-11,14H2,1H3,(H,24,25);4,7,12-13,15-17,19,21,23H,2-3,5-6,8-11,14H2,1H3,(H,24,25);4,7,12-13,15-18,21-22H,2-3,5-6,8-11,14H2,1H3,(H,24,25)/b11-10+,18-8-;3*7-4-,13-12+/t14?,15-,16-,17?,20?;15-,16+,17+,18-,19+;15-,16+,17+,19+;15-,16+,17+,18-/m0000/s1. The van der Waals surface area contributed by atoms with Crippen molar-refractivity contribution in [3.63, 3.8) is 0 Å². The number of carbonyl (C=O) groups excluding carboxylic acids is 2. The van der Waals surface area contributed by atoms with E-state index in [1.807, 2.05) is 60.8 Å². The predicted octanol–water partition coefficient (Wildman–Crippen LogP) is 12.8. The molecule has 0 aromatic carbocycles. The van der Waals surface area contributed by atoms with Gasteiger partial charge in [-0.2, -0.15) is 0 Å². The van der Waals surface area contributed by atoms with Gasteiger partial charge < -0.3 is 71.1 Å². The molecule has 20 heteroatoms. The van der Waals surface area contributed by atoms with Crippen LogP contribution in [0.4, 0.5) is 0 Å². The number of aliphatic carboxylic acids is 4. The average Bonchev–Trinajstić information content (AvgIpc) is 1.64. The summed E-state index contributed by atoms with van der Waals surface area (Å²) in [6, 6.07) is 0. The van der Waals surface area contributed by atoms with Crippen LogP contribution in [0.2, 0.25) is 0 Å². The normalized spacial score (nSPS) is 27.5. The molecular weight excluding hydrogens is 1280 g/mol. The number of fused-ring (bicyclic) bond motifs is 1. The molecule has 570 valence electrons. The lowest BCUT2D eigenvalue weighted by Gasteiger charge is -2.19. The fraction of sp³-hybridized carbons (Fsp3) is 0.725. The Kier molecular flexibility index (Phi) is 49.2. The summed E-state index contributed by atoms with van der Waals surface area (Å²) in [7, 11) is 0. The molecule has 0 radical (unpaired) electrons. The number of Topliss-reactive ketones (excluding diaryl/α,β-unsaturated/α-hetero) is 2. The van der Waals surface area contributed by atoms with E-state index < -0.39 is 78.8 Å². The van der Waals surface area contributed by atoms with E-state index >= 15 is 0 Å². The van der Waals surface area contributed by atoms with E-state index in [0.29, 0.717) is 102 Å². The maximum absolute atomic E-state index is 12.1. The number of ether oxygens (including phenoxy) is 1. The largest absolute Gasteiger partial charge is 0.498 e. The highest BCUT2D eigenvalue weighted by molar-refractivity contribution is 5.86. The first-order chi connectivity index (χ1) is 47.9. The Morgan fingerprint density at radius 2 is 0.810 bits per heavy atom. The number of rotatable bonds is 46. The SMILES string of the molecule is CCCCC[C@H](O)/C=C/[C@@H]1[C@@H](C/C=C\CCCC(=O)O)[C@@H](O)C[C@H]1O.CCCCC[C@H](O)/C=C/[C@H]1C(=O)C[C@H](O)[C@@H]1C/C=C\CCCC(=O)O.CCCCC[C@H](O)/C=C/[C@H]1C(O)CC2CO/C(=C\CCCC(=O)O)C21.CCCCC[C@H](O)/C=C/[C@H]1[C@H](O)CC(=O)[C@@H]1C/C=C\CCCC(=O)O. The van der Waals surface area contributed by atoms with Crippen molar-refractivity contribution in [1.29, 1.82) is 0 Å². The van der Waals surface area contributed by atoms with Gasteiger partial charge in [-0.3, -0.25) is 28.8 Å². The lowest BCUT2D eigenvalue weighted by atomic mass is 9.88. The smallest absolute Gasteiger partial charge is 0.303 e. The van der Waals surface area contributed by atoms with Gasteiger partial charge in [0.15, 0.2) is 0 Å². The Labute approximate surface area is 596 Å². The molecule has 4 saturated carbocycles. The summed E-state index contributed by atoms with van der Waals surface area (Å²) in [6.45, 7) is 9.11. The Morgan fingerprint density at radius 3 is 1.26 bits per heavy atom. The third-order valence-electron chi connectivity index (χ3n) is 19.6. The molecule has 1 aliphatic heterocycles. The topological polar surface area (TPSA) is 375 Å². The molecule has 4 aliphatic carbocycles. The highest BCUT2D eigenvalue weighted by Crippen LogP contribution is 2.48. The molecule has 100 heavy (non-hydrogen) atoms. The second kappa shape index (κ2) is 54.3. The number of allylic oxidation sites excluding steroid dienone is 9. The first-order valence-corrected chi connectivity index (χ1v) is 37.9. The molecule has 0 amide bonds. The van der Waals surface area contributed by atoms with Crippen LogP contribution in [0.5, 0.6) is 0 Å². The third kappa shape index (κ3) is 38.7. The van der Waals surface area contributed by atoms with Crippen molar-refractivity contribution < 1.29 is 99.9 Å². The molecule has 1 heterocycles. The molecule has 5 rings (SSSR count). The number of ketones is 2. The molecule has 1 saturated heterocycles. The molecule has 13 N–H and O–H groups in total. The Balaban J connectivity index is 0.000000453. The second-order valence-electron chi connectivity index (χ2n) is 28.1. The summed E-state index contributed by atoms with van der Waals surface area (Å²) in [5.74, 6) is -3.01. The van der Waals surface area contributed by atoms with Crippen molar-refractivity contribution in [3.05, 3.63) is 96.9 Å². The minimum atomic E-state index is -0.801. The monoisotopic (exact) mass is 1410 g/mol. The van der Waals surface area contributed by atoms with Gasteiger partial charge in [0.2, 0.25) is 0 Å².